The molecule has 0 aromatic carbocycles. The van der Waals surface area contributed by atoms with Crippen LogP contribution in [0.4, 0.5) is 5.95 Å². The summed E-state index contributed by atoms with van der Waals surface area (Å²) in [4.78, 5) is 6.95. The third-order valence-electron chi connectivity index (χ3n) is 4.79. The Morgan fingerprint density at radius 3 is 2.80 bits per heavy atom. The van der Waals surface area contributed by atoms with E-state index >= 15 is 0 Å². The lowest BCUT2D eigenvalue weighted by Crippen LogP contribution is -2.47. The minimum Gasteiger partial charge on any atom is -0.339 e. The van der Waals surface area contributed by atoms with Crippen LogP contribution in [-0.2, 0) is 0 Å². The molecular weight excluding hydrogens is 250 g/mol. The summed E-state index contributed by atoms with van der Waals surface area (Å²) in [6.45, 7) is 2.09. The van der Waals surface area contributed by atoms with Crippen molar-refractivity contribution in [3.8, 4) is 0 Å². The zero-order valence-electron chi connectivity index (χ0n) is 12.1. The summed E-state index contributed by atoms with van der Waals surface area (Å²) >= 11 is 0. The standard InChI is InChI=1S/C15H21N5/c1-10-5-6-20-14(7-10)17-15(18-20)19(2)13-8-11-3-4-12(9-13)16-11/h5-7,11-13,16H,3-4,8-9H2,1-2H3. The van der Waals surface area contributed by atoms with Crippen molar-refractivity contribution in [2.24, 2.45) is 0 Å². The molecule has 106 valence electrons. The van der Waals surface area contributed by atoms with E-state index in [4.69, 9.17) is 0 Å². The van der Waals surface area contributed by atoms with E-state index in [2.05, 4.69) is 46.4 Å². The molecule has 5 heteroatoms. The first-order valence-electron chi connectivity index (χ1n) is 7.51. The lowest BCUT2D eigenvalue weighted by atomic mass is 9.99. The van der Waals surface area contributed by atoms with E-state index in [9.17, 15) is 0 Å². The Morgan fingerprint density at radius 1 is 1.30 bits per heavy atom. The van der Waals surface area contributed by atoms with Crippen LogP contribution in [0.25, 0.3) is 5.65 Å². The zero-order chi connectivity index (χ0) is 13.7. The van der Waals surface area contributed by atoms with Crippen molar-refractivity contribution in [2.45, 2.75) is 50.7 Å². The summed E-state index contributed by atoms with van der Waals surface area (Å²) in [6.07, 6.45) is 7.06. The maximum atomic E-state index is 4.68. The number of nitrogens with zero attached hydrogens (tertiary/aromatic N) is 4. The van der Waals surface area contributed by atoms with E-state index in [-0.39, 0.29) is 0 Å². The van der Waals surface area contributed by atoms with Crippen LogP contribution in [0.2, 0.25) is 0 Å². The van der Waals surface area contributed by atoms with Gasteiger partial charge in [-0.2, -0.15) is 4.98 Å². The van der Waals surface area contributed by atoms with Gasteiger partial charge in [-0.25, -0.2) is 4.52 Å². The summed E-state index contributed by atoms with van der Waals surface area (Å²) in [5, 5.41) is 8.30. The molecule has 1 N–H and O–H groups in total. The Hall–Kier alpha value is -1.62. The fourth-order valence-corrected chi connectivity index (χ4v) is 3.63. The number of fused-ring (bicyclic) bond motifs is 3. The Bertz CT molecular complexity index is 622. The van der Waals surface area contributed by atoms with Crippen LogP contribution in [0.5, 0.6) is 0 Å². The summed E-state index contributed by atoms with van der Waals surface area (Å²) in [5.41, 5.74) is 2.16. The quantitative estimate of drug-likeness (QED) is 0.904. The van der Waals surface area contributed by atoms with E-state index < -0.39 is 0 Å². The van der Waals surface area contributed by atoms with Gasteiger partial charge in [0, 0.05) is 31.4 Å². The normalized spacial score (nSPS) is 29.0. The fourth-order valence-electron chi connectivity index (χ4n) is 3.63. The number of aryl methyl sites for hydroxylation is 1. The van der Waals surface area contributed by atoms with E-state index in [1.165, 1.54) is 31.2 Å². The molecule has 2 atom stereocenters. The second kappa shape index (κ2) is 4.45. The SMILES string of the molecule is Cc1ccn2nc(N(C)C3CC4CCC(C3)N4)nc2c1. The lowest BCUT2D eigenvalue weighted by Gasteiger charge is -2.34. The Morgan fingerprint density at radius 2 is 2.05 bits per heavy atom. The lowest BCUT2D eigenvalue weighted by molar-refractivity contribution is 0.353. The second-order valence-corrected chi connectivity index (χ2v) is 6.29. The van der Waals surface area contributed by atoms with Gasteiger partial charge in [-0.1, -0.05) is 0 Å². The average molecular weight is 271 g/mol. The zero-order valence-corrected chi connectivity index (χ0v) is 12.1. The van der Waals surface area contributed by atoms with Gasteiger partial charge in [0.1, 0.15) is 0 Å². The van der Waals surface area contributed by atoms with Crippen LogP contribution in [0.3, 0.4) is 0 Å². The number of hydrogen-bond donors (Lipinski definition) is 1. The van der Waals surface area contributed by atoms with Crippen molar-refractivity contribution in [1.29, 1.82) is 0 Å². The van der Waals surface area contributed by atoms with Crippen LogP contribution in [0.15, 0.2) is 18.3 Å². The Kier molecular flexibility index (Phi) is 2.70. The molecule has 0 radical (unpaired) electrons. The molecule has 2 saturated heterocycles. The van der Waals surface area contributed by atoms with Crippen LogP contribution in [0, 0.1) is 6.92 Å². The predicted molar refractivity (Wildman–Crippen MR) is 79.1 cm³/mol. The second-order valence-electron chi connectivity index (χ2n) is 6.29. The van der Waals surface area contributed by atoms with Crippen molar-refractivity contribution in [1.82, 2.24) is 19.9 Å². The fraction of sp³-hybridized carbons (Fsp3) is 0.600. The highest BCUT2D eigenvalue weighted by Crippen LogP contribution is 2.30. The average Bonchev–Trinajstić information content (AvgIpc) is 3.00. The van der Waals surface area contributed by atoms with Gasteiger partial charge in [0.2, 0.25) is 5.95 Å². The van der Waals surface area contributed by atoms with Gasteiger partial charge in [-0.05, 0) is 50.3 Å². The molecule has 2 aromatic rings. The highest BCUT2D eigenvalue weighted by Gasteiger charge is 2.35. The first-order valence-corrected chi connectivity index (χ1v) is 7.51. The summed E-state index contributed by atoms with van der Waals surface area (Å²) in [7, 11) is 2.14. The maximum absolute atomic E-state index is 4.68. The van der Waals surface area contributed by atoms with Gasteiger partial charge in [-0.15, -0.1) is 5.10 Å². The van der Waals surface area contributed by atoms with E-state index in [0.29, 0.717) is 18.1 Å². The van der Waals surface area contributed by atoms with Crippen molar-refractivity contribution in [3.63, 3.8) is 0 Å². The number of aromatic nitrogens is 3. The van der Waals surface area contributed by atoms with Gasteiger partial charge < -0.3 is 10.2 Å². The van der Waals surface area contributed by atoms with Crippen molar-refractivity contribution in [2.75, 3.05) is 11.9 Å². The van der Waals surface area contributed by atoms with E-state index in [1.54, 1.807) is 0 Å². The van der Waals surface area contributed by atoms with Crippen LogP contribution in [0.1, 0.15) is 31.2 Å². The van der Waals surface area contributed by atoms with Gasteiger partial charge in [0.05, 0.1) is 0 Å². The van der Waals surface area contributed by atoms with Crippen molar-refractivity contribution >= 4 is 11.6 Å². The number of rotatable bonds is 2. The highest BCUT2D eigenvalue weighted by atomic mass is 15.4. The maximum Gasteiger partial charge on any atom is 0.245 e. The number of pyridine rings is 1. The van der Waals surface area contributed by atoms with Crippen LogP contribution < -0.4 is 10.2 Å². The molecule has 0 aliphatic carbocycles. The van der Waals surface area contributed by atoms with Gasteiger partial charge >= 0.3 is 0 Å². The third kappa shape index (κ3) is 1.97. The molecule has 2 aliphatic heterocycles. The summed E-state index contributed by atoms with van der Waals surface area (Å²) < 4.78 is 1.87. The number of piperidine rings is 1. The Labute approximate surface area is 119 Å². The monoisotopic (exact) mass is 271 g/mol. The van der Waals surface area contributed by atoms with Gasteiger partial charge in [0.15, 0.2) is 5.65 Å². The summed E-state index contributed by atoms with van der Waals surface area (Å²) in [6, 6.07) is 6.10. The molecule has 0 spiro atoms. The molecular formula is C15H21N5. The predicted octanol–water partition coefficient (Wildman–Crippen LogP) is 1.76. The largest absolute Gasteiger partial charge is 0.339 e. The molecule has 0 saturated carbocycles. The molecule has 0 amide bonds. The molecule has 2 aromatic heterocycles. The van der Waals surface area contributed by atoms with E-state index in [1.807, 2.05) is 10.7 Å². The molecule has 4 heterocycles. The number of hydrogen-bond acceptors (Lipinski definition) is 4. The number of nitrogens with one attached hydrogen (secondary N) is 1. The smallest absolute Gasteiger partial charge is 0.245 e. The molecule has 4 rings (SSSR count). The molecule has 2 bridgehead atoms. The van der Waals surface area contributed by atoms with Gasteiger partial charge in [-0.3, -0.25) is 0 Å². The third-order valence-corrected chi connectivity index (χ3v) is 4.79. The molecule has 2 fully saturated rings. The van der Waals surface area contributed by atoms with Crippen LogP contribution >= 0.6 is 0 Å². The van der Waals surface area contributed by atoms with Crippen LogP contribution in [-0.4, -0.2) is 39.8 Å². The van der Waals surface area contributed by atoms with Crippen molar-refractivity contribution < 1.29 is 0 Å². The number of anilines is 1. The highest BCUT2D eigenvalue weighted by molar-refractivity contribution is 5.46. The Balaban J connectivity index is 1.61. The minimum absolute atomic E-state index is 0.562. The molecule has 2 unspecified atom stereocenters. The molecule has 2 aliphatic rings. The minimum atomic E-state index is 0.562. The molecule has 20 heavy (non-hydrogen) atoms. The van der Waals surface area contributed by atoms with Crippen molar-refractivity contribution in [3.05, 3.63) is 23.9 Å². The first kappa shape index (κ1) is 12.1. The molecule has 5 nitrogen and oxygen atoms in total. The topological polar surface area (TPSA) is 45.5 Å². The summed E-state index contributed by atoms with van der Waals surface area (Å²) in [5.74, 6) is 0.849. The van der Waals surface area contributed by atoms with E-state index in [0.717, 1.165) is 11.6 Å². The first-order chi connectivity index (χ1) is 9.69. The van der Waals surface area contributed by atoms with Gasteiger partial charge in [0.25, 0.3) is 0 Å².